The molecule has 0 spiro atoms. The maximum atomic E-state index is 6.48. The summed E-state index contributed by atoms with van der Waals surface area (Å²) in [5.74, 6) is -2.87. The molecule has 3 aliphatic rings. The molecule has 6 atom stereocenters. The molecule has 2 fully saturated rings. The van der Waals surface area contributed by atoms with Crippen molar-refractivity contribution in [3.8, 4) is 0 Å². The number of rotatable bonds is 7. The zero-order chi connectivity index (χ0) is 20.6. The van der Waals surface area contributed by atoms with Crippen LogP contribution in [0.2, 0.25) is 0 Å². The van der Waals surface area contributed by atoms with Crippen molar-refractivity contribution in [3.63, 3.8) is 0 Å². The topological polar surface area (TPSA) is 64.6 Å². The van der Waals surface area contributed by atoms with Crippen LogP contribution in [0.15, 0.2) is 11.6 Å². The highest BCUT2D eigenvalue weighted by Crippen LogP contribution is 2.46. The van der Waals surface area contributed by atoms with Crippen molar-refractivity contribution in [2.45, 2.75) is 95.7 Å². The SMILES string of the molecule is CCCCCO[C@H]1C=C2COC(C)(C)O[C@H]2[C@@H]2O[C@@](C)(OC)[C@](C)(OC)O[C@H]21. The van der Waals surface area contributed by atoms with Crippen LogP contribution in [-0.4, -0.2) is 69.2 Å². The highest BCUT2D eigenvalue weighted by molar-refractivity contribution is 5.24. The van der Waals surface area contributed by atoms with Crippen molar-refractivity contribution in [3.05, 3.63) is 11.6 Å². The van der Waals surface area contributed by atoms with Gasteiger partial charge in [-0.1, -0.05) is 19.8 Å². The molecular formula is C21H36O7. The fourth-order valence-corrected chi connectivity index (χ4v) is 4.02. The molecule has 0 amide bonds. The van der Waals surface area contributed by atoms with Crippen LogP contribution in [0.25, 0.3) is 0 Å². The smallest absolute Gasteiger partial charge is 0.220 e. The van der Waals surface area contributed by atoms with Crippen LogP contribution in [0.1, 0.15) is 53.9 Å². The third-order valence-electron chi connectivity index (χ3n) is 6.07. The molecule has 0 saturated carbocycles. The minimum Gasteiger partial charge on any atom is -0.371 e. The number of unbranched alkanes of at least 4 members (excludes halogenated alkanes) is 2. The normalized spacial score (nSPS) is 42.5. The summed E-state index contributed by atoms with van der Waals surface area (Å²) < 4.78 is 42.6. The van der Waals surface area contributed by atoms with E-state index in [1.54, 1.807) is 14.2 Å². The van der Waals surface area contributed by atoms with Crippen molar-refractivity contribution in [1.29, 1.82) is 0 Å². The van der Waals surface area contributed by atoms with E-state index in [0.29, 0.717) is 13.2 Å². The van der Waals surface area contributed by atoms with Gasteiger partial charge in [-0.2, -0.15) is 0 Å². The largest absolute Gasteiger partial charge is 0.371 e. The molecule has 7 nitrogen and oxygen atoms in total. The van der Waals surface area contributed by atoms with Crippen LogP contribution in [0, 0.1) is 0 Å². The lowest BCUT2D eigenvalue weighted by molar-refractivity contribution is -0.465. The molecule has 7 heteroatoms. The summed E-state index contributed by atoms with van der Waals surface area (Å²) in [5, 5.41) is 0. The third-order valence-corrected chi connectivity index (χ3v) is 6.07. The molecule has 0 radical (unpaired) electrons. The van der Waals surface area contributed by atoms with Crippen molar-refractivity contribution >= 4 is 0 Å². The molecule has 0 N–H and O–H groups in total. The molecule has 0 unspecified atom stereocenters. The first-order valence-electron chi connectivity index (χ1n) is 10.3. The van der Waals surface area contributed by atoms with Gasteiger partial charge in [-0.15, -0.1) is 0 Å². The standard InChI is InChI=1S/C21H36O7/c1-8-9-10-11-24-15-12-14-13-25-19(2,3)26-16(14)18-17(15)27-20(4,22-6)21(5,23-7)28-18/h12,15-18H,8-11,13H2,1-7H3/t15-,16+,17-,18-,20+,21+/m0/s1. The quantitative estimate of drug-likeness (QED) is 0.480. The average molecular weight is 401 g/mol. The Labute approximate surface area is 168 Å². The molecule has 28 heavy (non-hydrogen) atoms. The highest BCUT2D eigenvalue weighted by atomic mass is 16.8. The molecule has 2 saturated heterocycles. The van der Waals surface area contributed by atoms with Crippen molar-refractivity contribution < 1.29 is 33.2 Å². The number of hydrogen-bond donors (Lipinski definition) is 0. The van der Waals surface area contributed by atoms with Crippen molar-refractivity contribution in [1.82, 2.24) is 0 Å². The summed E-state index contributed by atoms with van der Waals surface area (Å²) in [6, 6.07) is 0. The monoisotopic (exact) mass is 400 g/mol. The molecule has 0 aromatic rings. The average Bonchev–Trinajstić information content (AvgIpc) is 2.66. The Bertz CT molecular complexity index is 577. The van der Waals surface area contributed by atoms with Crippen molar-refractivity contribution in [2.24, 2.45) is 0 Å². The Morgan fingerprint density at radius 1 is 0.964 bits per heavy atom. The Morgan fingerprint density at radius 3 is 2.21 bits per heavy atom. The van der Waals surface area contributed by atoms with E-state index in [-0.39, 0.29) is 18.3 Å². The molecular weight excluding hydrogens is 364 g/mol. The van der Waals surface area contributed by atoms with Gasteiger partial charge >= 0.3 is 0 Å². The Balaban J connectivity index is 1.90. The second kappa shape index (κ2) is 8.30. The lowest BCUT2D eigenvalue weighted by Gasteiger charge is -2.57. The molecule has 3 rings (SSSR count). The predicted octanol–water partition coefficient (Wildman–Crippen LogP) is 3.16. The van der Waals surface area contributed by atoms with Crippen LogP contribution in [0.3, 0.4) is 0 Å². The van der Waals surface area contributed by atoms with Crippen LogP contribution < -0.4 is 0 Å². The summed E-state index contributed by atoms with van der Waals surface area (Å²) in [6.45, 7) is 10.8. The van der Waals surface area contributed by atoms with E-state index >= 15 is 0 Å². The van der Waals surface area contributed by atoms with E-state index in [1.165, 1.54) is 0 Å². The molecule has 0 aromatic heterocycles. The Kier molecular flexibility index (Phi) is 6.57. The van der Waals surface area contributed by atoms with Crippen LogP contribution >= 0.6 is 0 Å². The summed E-state index contributed by atoms with van der Waals surface area (Å²) in [4.78, 5) is 0. The van der Waals surface area contributed by atoms with E-state index < -0.39 is 23.5 Å². The molecule has 162 valence electrons. The van der Waals surface area contributed by atoms with Gasteiger partial charge in [0.15, 0.2) is 5.79 Å². The van der Waals surface area contributed by atoms with Crippen LogP contribution in [-0.2, 0) is 33.2 Å². The van der Waals surface area contributed by atoms with Crippen LogP contribution in [0.4, 0.5) is 0 Å². The van der Waals surface area contributed by atoms with Gasteiger partial charge in [-0.25, -0.2) is 0 Å². The van der Waals surface area contributed by atoms with Gasteiger partial charge in [0.1, 0.15) is 24.4 Å². The van der Waals surface area contributed by atoms with E-state index in [0.717, 1.165) is 24.8 Å². The highest BCUT2D eigenvalue weighted by Gasteiger charge is 2.62. The molecule has 0 bridgehead atoms. The minimum absolute atomic E-state index is 0.266. The van der Waals surface area contributed by atoms with E-state index in [9.17, 15) is 0 Å². The first-order valence-corrected chi connectivity index (χ1v) is 10.3. The van der Waals surface area contributed by atoms with Gasteiger partial charge in [0.25, 0.3) is 0 Å². The lowest BCUT2D eigenvalue weighted by Crippen LogP contribution is -2.71. The second-order valence-electron chi connectivity index (χ2n) is 8.48. The molecule has 0 aromatic carbocycles. The third kappa shape index (κ3) is 4.03. The van der Waals surface area contributed by atoms with E-state index in [4.69, 9.17) is 33.2 Å². The summed E-state index contributed by atoms with van der Waals surface area (Å²) in [7, 11) is 3.18. The van der Waals surface area contributed by atoms with E-state index in [1.807, 2.05) is 27.7 Å². The fourth-order valence-electron chi connectivity index (χ4n) is 4.02. The van der Waals surface area contributed by atoms with Gasteiger partial charge in [-0.05, 0) is 45.8 Å². The second-order valence-corrected chi connectivity index (χ2v) is 8.48. The fraction of sp³-hybridized carbons (Fsp3) is 0.905. The zero-order valence-corrected chi connectivity index (χ0v) is 18.3. The first-order chi connectivity index (χ1) is 13.2. The number of methoxy groups -OCH3 is 2. The minimum atomic E-state index is -1.09. The molecule has 2 heterocycles. The van der Waals surface area contributed by atoms with E-state index in [2.05, 4.69) is 13.0 Å². The maximum Gasteiger partial charge on any atom is 0.220 e. The van der Waals surface area contributed by atoms with Gasteiger partial charge in [0, 0.05) is 20.8 Å². The van der Waals surface area contributed by atoms with Gasteiger partial charge in [-0.3, -0.25) is 0 Å². The lowest BCUT2D eigenvalue weighted by atomic mass is 9.86. The van der Waals surface area contributed by atoms with Crippen LogP contribution in [0.5, 0.6) is 0 Å². The summed E-state index contributed by atoms with van der Waals surface area (Å²) in [6.07, 6.45) is 4.03. The van der Waals surface area contributed by atoms with Crippen molar-refractivity contribution in [2.75, 3.05) is 27.4 Å². The number of ether oxygens (including phenoxy) is 7. The first kappa shape index (κ1) is 22.2. The Morgan fingerprint density at radius 2 is 1.61 bits per heavy atom. The predicted molar refractivity (Wildman–Crippen MR) is 103 cm³/mol. The number of hydrogen-bond acceptors (Lipinski definition) is 7. The summed E-state index contributed by atoms with van der Waals surface area (Å²) >= 11 is 0. The Hall–Kier alpha value is -0.540. The zero-order valence-electron chi connectivity index (χ0n) is 18.3. The van der Waals surface area contributed by atoms with Gasteiger partial charge < -0.3 is 33.2 Å². The molecule has 2 aliphatic heterocycles. The molecule has 1 aliphatic carbocycles. The van der Waals surface area contributed by atoms with Gasteiger partial charge in [0.05, 0.1) is 6.61 Å². The van der Waals surface area contributed by atoms with Gasteiger partial charge in [0.2, 0.25) is 11.6 Å². The maximum absolute atomic E-state index is 6.48. The number of fused-ring (bicyclic) bond motifs is 3. The summed E-state index contributed by atoms with van der Waals surface area (Å²) in [5.41, 5.74) is 1.02.